The Balaban J connectivity index is 3.14. The van der Waals surface area contributed by atoms with Crippen molar-refractivity contribution in [2.75, 3.05) is 0 Å². The van der Waals surface area contributed by atoms with Gasteiger partial charge in [-0.3, -0.25) is 4.79 Å². The van der Waals surface area contributed by atoms with Crippen LogP contribution in [-0.4, -0.2) is 24.0 Å². The Bertz CT molecular complexity index is 612. The van der Waals surface area contributed by atoms with Gasteiger partial charge >= 0.3 is 5.04 Å². The van der Waals surface area contributed by atoms with E-state index in [-0.39, 0.29) is 11.3 Å². The molecule has 0 saturated heterocycles. The fourth-order valence-corrected chi connectivity index (χ4v) is 2.76. The van der Waals surface area contributed by atoms with Gasteiger partial charge in [0.1, 0.15) is 0 Å². The van der Waals surface area contributed by atoms with Crippen LogP contribution in [0.15, 0.2) is 29.2 Å². The predicted molar refractivity (Wildman–Crippen MR) is 71.5 cm³/mol. The van der Waals surface area contributed by atoms with E-state index in [9.17, 15) is 13.2 Å². The molecule has 0 atom stereocenters. The second-order valence-corrected chi connectivity index (χ2v) is 6.11. The molecule has 0 bridgehead atoms. The molecule has 0 amide bonds. The molecule has 0 aliphatic carbocycles. The number of aryl methyl sites for hydroxylation is 1. The number of benzene rings is 1. The fraction of sp³-hybridized carbons (Fsp3) is 0.385. The number of hydrogen-bond donors (Lipinski definition) is 0. The van der Waals surface area contributed by atoms with Crippen LogP contribution in [0.3, 0.4) is 0 Å². The van der Waals surface area contributed by atoms with E-state index in [2.05, 4.69) is 4.79 Å². The zero-order valence-corrected chi connectivity index (χ0v) is 11.8. The normalized spacial score (nSPS) is 10.8. The lowest BCUT2D eigenvalue weighted by atomic mass is 10.2. The quantitative estimate of drug-likeness (QED) is 0.358. The molecule has 102 valence electrons. The number of unbranched alkanes of at least 4 members (excludes halogenated alkanes) is 1. The van der Waals surface area contributed by atoms with E-state index in [1.54, 1.807) is 12.1 Å². The van der Waals surface area contributed by atoms with Crippen molar-refractivity contribution in [3.05, 3.63) is 35.4 Å². The van der Waals surface area contributed by atoms with Gasteiger partial charge in [-0.25, -0.2) is 8.42 Å². The highest BCUT2D eigenvalue weighted by Crippen LogP contribution is 2.14. The van der Waals surface area contributed by atoms with Crippen LogP contribution < -0.4 is 0 Å². The van der Waals surface area contributed by atoms with Crippen molar-refractivity contribution in [1.82, 2.24) is 0 Å². The van der Waals surface area contributed by atoms with E-state index in [1.165, 1.54) is 12.1 Å². The first-order chi connectivity index (χ1) is 8.93. The smallest absolute Gasteiger partial charge is 0.360 e. The first-order valence-electron chi connectivity index (χ1n) is 6.00. The lowest BCUT2D eigenvalue weighted by Gasteiger charge is -2.00. The van der Waals surface area contributed by atoms with Gasteiger partial charge in [0.05, 0.1) is 4.90 Å². The number of nitrogens with zero attached hydrogens (tertiary/aromatic N) is 2. The topological polar surface area (TPSA) is 87.6 Å². The largest absolute Gasteiger partial charge is 0.451 e. The summed E-state index contributed by atoms with van der Waals surface area (Å²) in [5, 5.41) is -0.787. The van der Waals surface area contributed by atoms with Gasteiger partial charge in [0.2, 0.25) is 0 Å². The summed E-state index contributed by atoms with van der Waals surface area (Å²) in [7, 11) is -4.05. The van der Waals surface area contributed by atoms with Gasteiger partial charge in [0, 0.05) is 6.42 Å². The van der Waals surface area contributed by atoms with Crippen LogP contribution in [0, 0.1) is 6.92 Å². The molecule has 1 rings (SSSR count). The molecular formula is C13H16N2O3S. The highest BCUT2D eigenvalue weighted by atomic mass is 32.2. The third-order valence-corrected chi connectivity index (χ3v) is 4.38. The maximum atomic E-state index is 12.2. The number of ketones is 1. The van der Waals surface area contributed by atoms with Crippen molar-refractivity contribution in [2.24, 2.45) is 0 Å². The van der Waals surface area contributed by atoms with E-state index >= 15 is 0 Å². The zero-order valence-electron chi connectivity index (χ0n) is 11.0. The van der Waals surface area contributed by atoms with Gasteiger partial charge in [0.15, 0.2) is 0 Å². The summed E-state index contributed by atoms with van der Waals surface area (Å²) in [5.74, 6) is -0.662. The van der Waals surface area contributed by atoms with Gasteiger partial charge in [-0.15, -0.1) is 4.79 Å². The minimum absolute atomic E-state index is 0.0456. The van der Waals surface area contributed by atoms with Gasteiger partial charge in [-0.2, -0.15) is 0 Å². The minimum Gasteiger partial charge on any atom is -0.360 e. The molecule has 0 aliphatic rings. The average Bonchev–Trinajstić information content (AvgIpc) is 2.37. The van der Waals surface area contributed by atoms with Crippen molar-refractivity contribution in [3.8, 4) is 0 Å². The molecule has 6 heteroatoms. The molecule has 0 fully saturated rings. The Labute approximate surface area is 112 Å². The molecule has 0 N–H and O–H groups in total. The molecule has 0 unspecified atom stereocenters. The van der Waals surface area contributed by atoms with Crippen LogP contribution in [0.4, 0.5) is 0 Å². The van der Waals surface area contributed by atoms with E-state index in [1.807, 2.05) is 13.8 Å². The van der Waals surface area contributed by atoms with Crippen LogP contribution >= 0.6 is 0 Å². The number of carbonyl (C=O) groups is 1. The Morgan fingerprint density at radius 2 is 1.84 bits per heavy atom. The molecular weight excluding hydrogens is 264 g/mol. The third kappa shape index (κ3) is 3.59. The van der Waals surface area contributed by atoms with Crippen LogP contribution in [0.1, 0.15) is 31.7 Å². The van der Waals surface area contributed by atoms with Crippen molar-refractivity contribution >= 4 is 20.7 Å². The van der Waals surface area contributed by atoms with Crippen LogP contribution in [-0.2, 0) is 14.6 Å². The van der Waals surface area contributed by atoms with Crippen molar-refractivity contribution in [1.29, 1.82) is 0 Å². The molecule has 1 aromatic rings. The van der Waals surface area contributed by atoms with E-state index < -0.39 is 20.7 Å². The Morgan fingerprint density at radius 3 is 2.32 bits per heavy atom. The Kier molecular flexibility index (Phi) is 5.15. The fourth-order valence-electron chi connectivity index (χ4n) is 1.53. The summed E-state index contributed by atoms with van der Waals surface area (Å²) in [6, 6.07) is 6.03. The van der Waals surface area contributed by atoms with E-state index in [0.29, 0.717) is 6.42 Å². The van der Waals surface area contributed by atoms with E-state index in [4.69, 9.17) is 5.53 Å². The summed E-state index contributed by atoms with van der Waals surface area (Å²) in [6.07, 6.45) is 1.37. The molecule has 0 saturated carbocycles. The molecule has 5 nitrogen and oxygen atoms in total. The summed E-state index contributed by atoms with van der Waals surface area (Å²) >= 11 is 0. The lowest BCUT2D eigenvalue weighted by Crippen LogP contribution is -2.25. The Hall–Kier alpha value is -1.78. The predicted octanol–water partition coefficient (Wildman–Crippen LogP) is 2.16. The maximum absolute atomic E-state index is 12.2. The number of hydrogen-bond acceptors (Lipinski definition) is 3. The Morgan fingerprint density at radius 1 is 1.26 bits per heavy atom. The SMILES string of the molecule is CCCCC(=O)C(=[N+]=[N-])S(=O)(=O)c1ccc(C)cc1. The minimum atomic E-state index is -4.05. The zero-order chi connectivity index (χ0) is 14.5. The van der Waals surface area contributed by atoms with Gasteiger partial charge < -0.3 is 5.53 Å². The highest BCUT2D eigenvalue weighted by Gasteiger charge is 2.36. The number of carbonyl (C=O) groups excluding carboxylic acids is 1. The highest BCUT2D eigenvalue weighted by molar-refractivity contribution is 8.08. The van der Waals surface area contributed by atoms with Gasteiger partial charge in [-0.05, 0) is 25.5 Å². The molecule has 0 aliphatic heterocycles. The van der Waals surface area contributed by atoms with Crippen molar-refractivity contribution in [3.63, 3.8) is 0 Å². The second kappa shape index (κ2) is 6.41. The summed E-state index contributed by atoms with van der Waals surface area (Å²) in [5.41, 5.74) is 9.74. The van der Waals surface area contributed by atoms with E-state index in [0.717, 1.165) is 12.0 Å². The molecule has 0 spiro atoms. The number of sulfone groups is 1. The standard InChI is InChI=1S/C13H16N2O3S/c1-3-4-5-12(16)13(15-14)19(17,18)11-8-6-10(2)7-9-11/h6-9H,3-5H2,1-2H3. The summed E-state index contributed by atoms with van der Waals surface area (Å²) < 4.78 is 24.3. The first kappa shape index (κ1) is 15.3. The van der Waals surface area contributed by atoms with Gasteiger partial charge in [-0.1, -0.05) is 31.0 Å². The van der Waals surface area contributed by atoms with Crippen molar-refractivity contribution < 1.29 is 18.0 Å². The number of rotatable bonds is 5. The molecule has 0 heterocycles. The van der Waals surface area contributed by atoms with Crippen LogP contribution in [0.5, 0.6) is 0 Å². The lowest BCUT2D eigenvalue weighted by molar-refractivity contribution is -0.116. The molecule has 19 heavy (non-hydrogen) atoms. The molecule has 0 aromatic heterocycles. The first-order valence-corrected chi connectivity index (χ1v) is 7.48. The van der Waals surface area contributed by atoms with Gasteiger partial charge in [0.25, 0.3) is 15.6 Å². The summed E-state index contributed by atoms with van der Waals surface area (Å²) in [6.45, 7) is 3.71. The molecule has 1 aromatic carbocycles. The molecule has 0 radical (unpaired) electrons. The average molecular weight is 280 g/mol. The second-order valence-electron chi connectivity index (χ2n) is 4.25. The van der Waals surface area contributed by atoms with Crippen LogP contribution in [0.25, 0.3) is 5.53 Å². The third-order valence-electron chi connectivity index (χ3n) is 2.67. The summed E-state index contributed by atoms with van der Waals surface area (Å²) in [4.78, 5) is 14.4. The maximum Gasteiger partial charge on any atom is 0.451 e. The van der Waals surface area contributed by atoms with Crippen molar-refractivity contribution in [2.45, 2.75) is 38.0 Å². The monoisotopic (exact) mass is 280 g/mol. The van der Waals surface area contributed by atoms with Crippen LogP contribution in [0.2, 0.25) is 0 Å². The number of Topliss-reactive ketones (excluding diaryl/α,β-unsaturated/α-hetero) is 1.